The van der Waals surface area contributed by atoms with Crippen molar-refractivity contribution in [1.82, 2.24) is 0 Å². The van der Waals surface area contributed by atoms with Crippen molar-refractivity contribution in [1.29, 1.82) is 0 Å². The van der Waals surface area contributed by atoms with Crippen LogP contribution in [-0.2, 0) is 0 Å². The van der Waals surface area contributed by atoms with Crippen LogP contribution in [0.5, 0.6) is 0 Å². The van der Waals surface area contributed by atoms with E-state index in [1.165, 1.54) is 30.8 Å². The van der Waals surface area contributed by atoms with Gasteiger partial charge in [0.2, 0.25) is 0 Å². The lowest BCUT2D eigenvalue weighted by molar-refractivity contribution is 0.659. The SMILES string of the molecule is CC[C@@H](N)c1ccc(N2CCC(C)C2)cc1. The van der Waals surface area contributed by atoms with Gasteiger partial charge in [-0.1, -0.05) is 26.0 Å². The van der Waals surface area contributed by atoms with Gasteiger partial charge in [0.05, 0.1) is 0 Å². The molecular weight excluding hydrogens is 196 g/mol. The van der Waals surface area contributed by atoms with Crippen LogP contribution in [0, 0.1) is 5.92 Å². The Morgan fingerprint density at radius 2 is 2.06 bits per heavy atom. The second kappa shape index (κ2) is 4.88. The molecule has 1 saturated heterocycles. The first kappa shape index (κ1) is 11.5. The number of nitrogens with zero attached hydrogens (tertiary/aromatic N) is 1. The molecule has 2 rings (SSSR count). The molecule has 1 aromatic carbocycles. The van der Waals surface area contributed by atoms with Crippen LogP contribution in [0.1, 0.15) is 38.3 Å². The highest BCUT2D eigenvalue weighted by atomic mass is 15.1. The Morgan fingerprint density at radius 3 is 2.56 bits per heavy atom. The molecule has 1 aliphatic rings. The van der Waals surface area contributed by atoms with Crippen LogP contribution in [0.2, 0.25) is 0 Å². The van der Waals surface area contributed by atoms with E-state index in [0.717, 1.165) is 12.3 Å². The summed E-state index contributed by atoms with van der Waals surface area (Å²) < 4.78 is 0. The maximum Gasteiger partial charge on any atom is 0.0366 e. The van der Waals surface area contributed by atoms with Crippen LogP contribution in [0.4, 0.5) is 5.69 Å². The maximum atomic E-state index is 6.01. The zero-order valence-electron chi connectivity index (χ0n) is 10.3. The number of benzene rings is 1. The van der Waals surface area contributed by atoms with Crippen LogP contribution < -0.4 is 10.6 Å². The Bertz CT molecular complexity index is 331. The number of nitrogens with two attached hydrogens (primary N) is 1. The molecule has 1 aromatic rings. The van der Waals surface area contributed by atoms with Crippen LogP contribution in [0.25, 0.3) is 0 Å². The Kier molecular flexibility index (Phi) is 3.49. The second-order valence-corrected chi connectivity index (χ2v) is 4.95. The molecular formula is C14H22N2. The smallest absolute Gasteiger partial charge is 0.0366 e. The molecule has 0 spiro atoms. The molecule has 0 aliphatic carbocycles. The molecule has 0 saturated carbocycles. The van der Waals surface area contributed by atoms with Crippen molar-refractivity contribution in [3.05, 3.63) is 29.8 Å². The fourth-order valence-corrected chi connectivity index (χ4v) is 2.34. The number of hydrogen-bond donors (Lipinski definition) is 1. The first-order chi connectivity index (χ1) is 7.70. The van der Waals surface area contributed by atoms with Gasteiger partial charge in [0, 0.05) is 24.8 Å². The molecule has 1 heterocycles. The van der Waals surface area contributed by atoms with Crippen molar-refractivity contribution in [3.63, 3.8) is 0 Å². The number of anilines is 1. The van der Waals surface area contributed by atoms with E-state index in [0.29, 0.717) is 0 Å². The minimum absolute atomic E-state index is 0.187. The number of rotatable bonds is 3. The van der Waals surface area contributed by atoms with Gasteiger partial charge >= 0.3 is 0 Å². The van der Waals surface area contributed by atoms with Crippen LogP contribution in [0.3, 0.4) is 0 Å². The molecule has 2 atom stereocenters. The Balaban J connectivity index is 2.07. The first-order valence-electron chi connectivity index (χ1n) is 6.31. The van der Waals surface area contributed by atoms with Gasteiger partial charge in [-0.15, -0.1) is 0 Å². The lowest BCUT2D eigenvalue weighted by atomic mass is 10.1. The predicted molar refractivity (Wildman–Crippen MR) is 69.7 cm³/mol. The number of hydrogen-bond acceptors (Lipinski definition) is 2. The van der Waals surface area contributed by atoms with Gasteiger partial charge in [-0.05, 0) is 36.5 Å². The molecule has 0 radical (unpaired) electrons. The summed E-state index contributed by atoms with van der Waals surface area (Å²) in [6.45, 7) is 6.83. The highest BCUT2D eigenvalue weighted by molar-refractivity contribution is 5.48. The summed E-state index contributed by atoms with van der Waals surface area (Å²) >= 11 is 0. The van der Waals surface area contributed by atoms with E-state index >= 15 is 0 Å². The summed E-state index contributed by atoms with van der Waals surface area (Å²) in [5, 5.41) is 0. The van der Waals surface area contributed by atoms with Gasteiger partial charge < -0.3 is 10.6 Å². The maximum absolute atomic E-state index is 6.01. The van der Waals surface area contributed by atoms with E-state index in [1.807, 2.05) is 0 Å². The molecule has 88 valence electrons. The molecule has 1 fully saturated rings. The first-order valence-corrected chi connectivity index (χ1v) is 6.31. The van der Waals surface area contributed by atoms with Crippen molar-refractivity contribution < 1.29 is 0 Å². The standard InChI is InChI=1S/C14H22N2/c1-3-14(15)12-4-6-13(7-5-12)16-9-8-11(2)10-16/h4-7,11,14H,3,8-10,15H2,1-2H3/t11?,14-/m1/s1. The summed E-state index contributed by atoms with van der Waals surface area (Å²) in [5.74, 6) is 0.831. The topological polar surface area (TPSA) is 29.3 Å². The monoisotopic (exact) mass is 218 g/mol. The minimum atomic E-state index is 0.187. The van der Waals surface area contributed by atoms with Crippen LogP contribution >= 0.6 is 0 Å². The van der Waals surface area contributed by atoms with Gasteiger partial charge in [0.25, 0.3) is 0 Å². The van der Waals surface area contributed by atoms with Gasteiger partial charge in [-0.3, -0.25) is 0 Å². The molecule has 1 unspecified atom stereocenters. The van der Waals surface area contributed by atoms with Crippen molar-refractivity contribution in [2.45, 2.75) is 32.7 Å². The Morgan fingerprint density at radius 1 is 1.38 bits per heavy atom. The van der Waals surface area contributed by atoms with E-state index in [9.17, 15) is 0 Å². The molecule has 0 bridgehead atoms. The molecule has 16 heavy (non-hydrogen) atoms. The van der Waals surface area contributed by atoms with Gasteiger partial charge in [-0.25, -0.2) is 0 Å². The summed E-state index contributed by atoms with van der Waals surface area (Å²) in [6, 6.07) is 8.96. The van der Waals surface area contributed by atoms with Gasteiger partial charge in [-0.2, -0.15) is 0 Å². The highest BCUT2D eigenvalue weighted by Gasteiger charge is 2.18. The predicted octanol–water partition coefficient (Wildman–Crippen LogP) is 2.94. The zero-order chi connectivity index (χ0) is 11.5. The fourth-order valence-electron chi connectivity index (χ4n) is 2.34. The van der Waals surface area contributed by atoms with E-state index in [1.54, 1.807) is 0 Å². The zero-order valence-corrected chi connectivity index (χ0v) is 10.3. The van der Waals surface area contributed by atoms with E-state index in [2.05, 4.69) is 43.0 Å². The van der Waals surface area contributed by atoms with Crippen molar-refractivity contribution in [2.75, 3.05) is 18.0 Å². The Labute approximate surface area is 98.4 Å². The van der Waals surface area contributed by atoms with Crippen molar-refractivity contribution in [3.8, 4) is 0 Å². The molecule has 2 N–H and O–H groups in total. The molecule has 2 nitrogen and oxygen atoms in total. The van der Waals surface area contributed by atoms with Crippen molar-refractivity contribution in [2.24, 2.45) is 11.7 Å². The summed E-state index contributed by atoms with van der Waals surface area (Å²) in [5.41, 5.74) is 8.60. The lowest BCUT2D eigenvalue weighted by Gasteiger charge is -2.19. The normalized spacial score (nSPS) is 22.4. The molecule has 0 amide bonds. The summed E-state index contributed by atoms with van der Waals surface area (Å²) in [4.78, 5) is 2.46. The van der Waals surface area contributed by atoms with Gasteiger partial charge in [0.1, 0.15) is 0 Å². The lowest BCUT2D eigenvalue weighted by Crippen LogP contribution is -2.19. The summed E-state index contributed by atoms with van der Waals surface area (Å²) in [6.07, 6.45) is 2.32. The average Bonchev–Trinajstić information content (AvgIpc) is 2.75. The minimum Gasteiger partial charge on any atom is -0.371 e. The third-order valence-electron chi connectivity index (χ3n) is 3.55. The van der Waals surface area contributed by atoms with E-state index in [4.69, 9.17) is 5.73 Å². The van der Waals surface area contributed by atoms with Crippen LogP contribution in [0.15, 0.2) is 24.3 Å². The third kappa shape index (κ3) is 2.38. The highest BCUT2D eigenvalue weighted by Crippen LogP contribution is 2.25. The quantitative estimate of drug-likeness (QED) is 0.845. The fraction of sp³-hybridized carbons (Fsp3) is 0.571. The average molecular weight is 218 g/mol. The Hall–Kier alpha value is -1.02. The van der Waals surface area contributed by atoms with E-state index < -0.39 is 0 Å². The molecule has 0 aromatic heterocycles. The van der Waals surface area contributed by atoms with E-state index in [-0.39, 0.29) is 6.04 Å². The molecule has 2 heteroatoms. The molecule has 1 aliphatic heterocycles. The van der Waals surface area contributed by atoms with Crippen LogP contribution in [-0.4, -0.2) is 13.1 Å². The van der Waals surface area contributed by atoms with Gasteiger partial charge in [0.15, 0.2) is 0 Å². The van der Waals surface area contributed by atoms with Crippen molar-refractivity contribution >= 4 is 5.69 Å². The third-order valence-corrected chi connectivity index (χ3v) is 3.55. The summed E-state index contributed by atoms with van der Waals surface area (Å²) in [7, 11) is 0. The largest absolute Gasteiger partial charge is 0.371 e. The second-order valence-electron chi connectivity index (χ2n) is 4.95.